The summed E-state index contributed by atoms with van der Waals surface area (Å²) >= 11 is 7.04. The third-order valence-electron chi connectivity index (χ3n) is 2.90. The van der Waals surface area contributed by atoms with E-state index in [1.54, 1.807) is 0 Å². The van der Waals surface area contributed by atoms with E-state index >= 15 is 0 Å². The lowest BCUT2D eigenvalue weighted by Crippen LogP contribution is -2.16. The van der Waals surface area contributed by atoms with Gasteiger partial charge in [0.2, 0.25) is 0 Å². The SMILES string of the molecule is N#Cc1sc(NCC2(CCO)CC2)nc1Cl. The second-order valence-corrected chi connectivity index (χ2v) is 5.43. The molecule has 0 unspecified atom stereocenters. The van der Waals surface area contributed by atoms with Gasteiger partial charge in [0.25, 0.3) is 0 Å². The number of thiazole rings is 1. The van der Waals surface area contributed by atoms with Gasteiger partial charge in [-0.3, -0.25) is 0 Å². The van der Waals surface area contributed by atoms with Gasteiger partial charge in [-0.05, 0) is 24.7 Å². The highest BCUT2D eigenvalue weighted by Gasteiger charge is 2.41. The summed E-state index contributed by atoms with van der Waals surface area (Å²) < 4.78 is 0. The predicted octanol–water partition coefficient (Wildman–Crippen LogP) is 2.24. The van der Waals surface area contributed by atoms with E-state index in [0.717, 1.165) is 25.8 Å². The minimum Gasteiger partial charge on any atom is -0.396 e. The topological polar surface area (TPSA) is 68.9 Å². The molecule has 6 heteroatoms. The summed E-state index contributed by atoms with van der Waals surface area (Å²) in [6.07, 6.45) is 3.11. The Kier molecular flexibility index (Phi) is 3.33. The molecule has 2 N–H and O–H groups in total. The normalized spacial score (nSPS) is 16.8. The number of rotatable bonds is 5. The quantitative estimate of drug-likeness (QED) is 0.849. The summed E-state index contributed by atoms with van der Waals surface area (Å²) in [5.41, 5.74) is 0.236. The van der Waals surface area contributed by atoms with E-state index in [4.69, 9.17) is 22.0 Å². The molecule has 1 heterocycles. The van der Waals surface area contributed by atoms with Gasteiger partial charge in [-0.2, -0.15) is 5.26 Å². The van der Waals surface area contributed by atoms with Crippen molar-refractivity contribution in [1.29, 1.82) is 5.26 Å². The summed E-state index contributed by atoms with van der Waals surface area (Å²) in [5, 5.41) is 21.8. The fourth-order valence-electron chi connectivity index (χ4n) is 1.64. The van der Waals surface area contributed by atoms with E-state index in [1.807, 2.05) is 6.07 Å². The molecule has 0 amide bonds. The van der Waals surface area contributed by atoms with Gasteiger partial charge >= 0.3 is 0 Å². The zero-order chi connectivity index (χ0) is 11.6. The Morgan fingerprint density at radius 1 is 1.62 bits per heavy atom. The third kappa shape index (κ3) is 2.46. The third-order valence-corrected chi connectivity index (χ3v) is 4.20. The van der Waals surface area contributed by atoms with Gasteiger partial charge in [-0.1, -0.05) is 22.9 Å². The molecular formula is C10H12ClN3OS. The van der Waals surface area contributed by atoms with Gasteiger partial charge in [0.1, 0.15) is 10.9 Å². The van der Waals surface area contributed by atoms with Gasteiger partial charge in [0.15, 0.2) is 10.3 Å². The second-order valence-electron chi connectivity index (χ2n) is 4.08. The van der Waals surface area contributed by atoms with Crippen molar-refractivity contribution < 1.29 is 5.11 Å². The Morgan fingerprint density at radius 3 is 2.88 bits per heavy atom. The maximum absolute atomic E-state index is 8.92. The van der Waals surface area contributed by atoms with Gasteiger partial charge in [-0.25, -0.2) is 4.98 Å². The van der Waals surface area contributed by atoms with Crippen LogP contribution in [0.4, 0.5) is 5.13 Å². The number of hydrogen-bond donors (Lipinski definition) is 2. The Bertz CT molecular complexity index is 422. The number of nitrogens with one attached hydrogen (secondary N) is 1. The van der Waals surface area contributed by atoms with Crippen LogP contribution in [0.5, 0.6) is 0 Å². The minimum atomic E-state index is 0.226. The van der Waals surface area contributed by atoms with E-state index in [-0.39, 0.29) is 17.2 Å². The smallest absolute Gasteiger partial charge is 0.185 e. The van der Waals surface area contributed by atoms with E-state index < -0.39 is 0 Å². The number of anilines is 1. The molecule has 0 aromatic carbocycles. The molecule has 1 aliphatic rings. The van der Waals surface area contributed by atoms with E-state index in [1.165, 1.54) is 11.3 Å². The van der Waals surface area contributed by atoms with Crippen molar-refractivity contribution >= 4 is 28.1 Å². The lowest BCUT2D eigenvalue weighted by Gasteiger charge is -2.13. The molecule has 0 saturated heterocycles. The van der Waals surface area contributed by atoms with Gasteiger partial charge in [-0.15, -0.1) is 0 Å². The zero-order valence-electron chi connectivity index (χ0n) is 8.66. The Labute approximate surface area is 103 Å². The van der Waals surface area contributed by atoms with Gasteiger partial charge in [0, 0.05) is 13.2 Å². The summed E-state index contributed by atoms with van der Waals surface area (Å²) in [6.45, 7) is 1.02. The first-order valence-electron chi connectivity index (χ1n) is 5.10. The van der Waals surface area contributed by atoms with Crippen molar-refractivity contribution in [2.24, 2.45) is 5.41 Å². The van der Waals surface area contributed by atoms with Crippen LogP contribution in [0, 0.1) is 16.7 Å². The van der Waals surface area contributed by atoms with Crippen molar-refractivity contribution in [3.63, 3.8) is 0 Å². The molecule has 1 aromatic heterocycles. The highest BCUT2D eigenvalue weighted by molar-refractivity contribution is 7.16. The van der Waals surface area contributed by atoms with E-state index in [0.29, 0.717) is 10.0 Å². The van der Waals surface area contributed by atoms with Crippen LogP contribution in [0.15, 0.2) is 0 Å². The Hall–Kier alpha value is -0.830. The average molecular weight is 258 g/mol. The fourth-order valence-corrected chi connectivity index (χ4v) is 2.58. The number of nitrogens with zero attached hydrogens (tertiary/aromatic N) is 2. The molecule has 4 nitrogen and oxygen atoms in total. The van der Waals surface area contributed by atoms with Crippen molar-refractivity contribution in [2.45, 2.75) is 19.3 Å². The van der Waals surface area contributed by atoms with Crippen molar-refractivity contribution in [3.8, 4) is 6.07 Å². The Morgan fingerprint density at radius 2 is 2.38 bits per heavy atom. The van der Waals surface area contributed by atoms with Crippen LogP contribution in [-0.4, -0.2) is 23.2 Å². The maximum Gasteiger partial charge on any atom is 0.185 e. The van der Waals surface area contributed by atoms with Gasteiger partial charge in [0.05, 0.1) is 0 Å². The molecular weight excluding hydrogens is 246 g/mol. The summed E-state index contributed by atoms with van der Waals surface area (Å²) in [5.74, 6) is 0. The molecule has 1 aromatic rings. The number of halogens is 1. The first-order chi connectivity index (χ1) is 7.69. The molecule has 0 radical (unpaired) electrons. The van der Waals surface area contributed by atoms with E-state index in [9.17, 15) is 0 Å². The van der Waals surface area contributed by atoms with Gasteiger partial charge < -0.3 is 10.4 Å². The van der Waals surface area contributed by atoms with Crippen LogP contribution in [0.3, 0.4) is 0 Å². The monoisotopic (exact) mass is 257 g/mol. The van der Waals surface area contributed by atoms with Crippen molar-refractivity contribution in [2.75, 3.05) is 18.5 Å². The number of aliphatic hydroxyl groups is 1. The molecule has 1 saturated carbocycles. The van der Waals surface area contributed by atoms with Crippen molar-refractivity contribution in [1.82, 2.24) is 4.98 Å². The van der Waals surface area contributed by atoms with Crippen LogP contribution in [0.2, 0.25) is 5.15 Å². The molecule has 0 atom stereocenters. The van der Waals surface area contributed by atoms with Crippen LogP contribution in [0.1, 0.15) is 24.1 Å². The molecule has 16 heavy (non-hydrogen) atoms. The van der Waals surface area contributed by atoms with Crippen LogP contribution in [0.25, 0.3) is 0 Å². The summed E-state index contributed by atoms with van der Waals surface area (Å²) in [7, 11) is 0. The molecule has 0 spiro atoms. The molecule has 1 fully saturated rings. The van der Waals surface area contributed by atoms with Crippen molar-refractivity contribution in [3.05, 3.63) is 10.0 Å². The number of hydrogen-bond acceptors (Lipinski definition) is 5. The highest BCUT2D eigenvalue weighted by Crippen LogP contribution is 2.48. The molecule has 1 aliphatic carbocycles. The minimum absolute atomic E-state index is 0.226. The number of aliphatic hydroxyl groups excluding tert-OH is 1. The van der Waals surface area contributed by atoms with Crippen LogP contribution >= 0.6 is 22.9 Å². The number of nitriles is 1. The maximum atomic E-state index is 8.92. The zero-order valence-corrected chi connectivity index (χ0v) is 10.2. The average Bonchev–Trinajstić information content (AvgIpc) is 2.93. The Balaban J connectivity index is 1.93. The summed E-state index contributed by atoms with van der Waals surface area (Å²) in [4.78, 5) is 4.50. The molecule has 0 aliphatic heterocycles. The lowest BCUT2D eigenvalue weighted by molar-refractivity contribution is 0.253. The van der Waals surface area contributed by atoms with Crippen LogP contribution in [-0.2, 0) is 0 Å². The lowest BCUT2D eigenvalue weighted by atomic mass is 10.0. The van der Waals surface area contributed by atoms with E-state index in [2.05, 4.69) is 10.3 Å². The highest BCUT2D eigenvalue weighted by atomic mass is 35.5. The molecule has 2 rings (SSSR count). The fraction of sp³-hybridized carbons (Fsp3) is 0.600. The first-order valence-corrected chi connectivity index (χ1v) is 6.30. The predicted molar refractivity (Wildman–Crippen MR) is 63.7 cm³/mol. The standard InChI is InChI=1S/C10H12ClN3OS/c11-8-7(5-12)16-9(14-8)13-6-10(1-2-10)3-4-15/h15H,1-4,6H2,(H,13,14). The number of aromatic nitrogens is 1. The summed E-state index contributed by atoms with van der Waals surface area (Å²) in [6, 6.07) is 2.00. The second kappa shape index (κ2) is 4.58. The molecule has 0 bridgehead atoms. The largest absolute Gasteiger partial charge is 0.396 e. The molecule has 86 valence electrons. The first kappa shape index (κ1) is 11.6. The van der Waals surface area contributed by atoms with Crippen LogP contribution < -0.4 is 5.32 Å².